The molecule has 3 nitrogen and oxygen atoms in total. The maximum atomic E-state index is 12.9. The molecule has 2 aromatic carbocycles. The number of nitrogens with one attached hydrogen (secondary N) is 1. The normalized spacial score (nSPS) is 10.2. The number of hydrogen-bond donors (Lipinski definition) is 1. The van der Waals surface area contributed by atoms with Gasteiger partial charge in [-0.05, 0) is 69.5 Å². The van der Waals surface area contributed by atoms with Crippen molar-refractivity contribution in [1.82, 2.24) is 10.2 Å². The zero-order valence-electron chi connectivity index (χ0n) is 15.0. The summed E-state index contributed by atoms with van der Waals surface area (Å²) >= 11 is 6.10. The van der Waals surface area contributed by atoms with Crippen molar-refractivity contribution < 1.29 is 9.13 Å². The molecule has 0 bridgehead atoms. The van der Waals surface area contributed by atoms with Crippen LogP contribution in [0, 0.1) is 5.82 Å². The van der Waals surface area contributed by atoms with Crippen LogP contribution in [0.4, 0.5) is 4.39 Å². The van der Waals surface area contributed by atoms with Crippen LogP contribution >= 0.6 is 36.4 Å². The Morgan fingerprint density at radius 3 is 2.42 bits per heavy atom. The first-order valence-electron chi connectivity index (χ1n) is 8.06. The van der Waals surface area contributed by atoms with E-state index in [9.17, 15) is 4.39 Å². The molecule has 0 saturated carbocycles. The minimum Gasteiger partial charge on any atom is -0.489 e. The minimum atomic E-state index is -0.243. The SMILES string of the molecule is CN(C)CCCNCc1cc(Cl)ccc1OCc1ccc(F)cc1.Cl.Cl. The summed E-state index contributed by atoms with van der Waals surface area (Å²) in [5.41, 5.74) is 1.95. The Kier molecular flexibility index (Phi) is 12.7. The molecule has 7 heteroatoms. The molecule has 0 amide bonds. The summed E-state index contributed by atoms with van der Waals surface area (Å²) in [6, 6.07) is 11.9. The molecule has 0 aliphatic rings. The molecule has 0 atom stereocenters. The first-order chi connectivity index (χ1) is 11.5. The van der Waals surface area contributed by atoms with Gasteiger partial charge in [0.2, 0.25) is 0 Å². The fourth-order valence-corrected chi connectivity index (χ4v) is 2.51. The lowest BCUT2D eigenvalue weighted by molar-refractivity contribution is 0.302. The highest BCUT2D eigenvalue weighted by Gasteiger charge is 2.06. The van der Waals surface area contributed by atoms with Crippen LogP contribution in [0.25, 0.3) is 0 Å². The van der Waals surface area contributed by atoms with Crippen molar-refractivity contribution in [3.8, 4) is 5.75 Å². The van der Waals surface area contributed by atoms with Crippen LogP contribution < -0.4 is 10.1 Å². The summed E-state index contributed by atoms with van der Waals surface area (Å²) in [7, 11) is 4.14. The van der Waals surface area contributed by atoms with E-state index in [-0.39, 0.29) is 30.6 Å². The lowest BCUT2D eigenvalue weighted by Gasteiger charge is -2.14. The average molecular weight is 424 g/mol. The third-order valence-electron chi connectivity index (χ3n) is 3.60. The molecule has 0 unspecified atom stereocenters. The number of nitrogens with zero attached hydrogens (tertiary/aromatic N) is 1. The molecule has 146 valence electrons. The van der Waals surface area contributed by atoms with Crippen LogP contribution in [0.3, 0.4) is 0 Å². The summed E-state index contributed by atoms with van der Waals surface area (Å²) in [6.45, 7) is 3.08. The predicted octanol–water partition coefficient (Wildman–Crippen LogP) is 4.94. The van der Waals surface area contributed by atoms with Crippen LogP contribution in [0.15, 0.2) is 42.5 Å². The molecule has 0 heterocycles. The van der Waals surface area contributed by atoms with E-state index in [1.165, 1.54) is 12.1 Å². The number of hydrogen-bond acceptors (Lipinski definition) is 3. The van der Waals surface area contributed by atoms with Crippen LogP contribution in [-0.4, -0.2) is 32.1 Å². The van der Waals surface area contributed by atoms with Gasteiger partial charge in [-0.15, -0.1) is 24.8 Å². The quantitative estimate of drug-likeness (QED) is 0.578. The first kappa shape index (κ1) is 25.0. The van der Waals surface area contributed by atoms with Gasteiger partial charge >= 0.3 is 0 Å². The summed E-state index contributed by atoms with van der Waals surface area (Å²) < 4.78 is 18.8. The van der Waals surface area contributed by atoms with Gasteiger partial charge in [0.05, 0.1) is 0 Å². The Labute approximate surface area is 172 Å². The Morgan fingerprint density at radius 2 is 1.77 bits per heavy atom. The molecule has 1 N–H and O–H groups in total. The van der Waals surface area contributed by atoms with Crippen molar-refractivity contribution in [2.75, 3.05) is 27.2 Å². The topological polar surface area (TPSA) is 24.5 Å². The van der Waals surface area contributed by atoms with Crippen LogP contribution in [0.5, 0.6) is 5.75 Å². The fraction of sp³-hybridized carbons (Fsp3) is 0.368. The summed E-state index contributed by atoms with van der Waals surface area (Å²) in [6.07, 6.45) is 1.08. The monoisotopic (exact) mass is 422 g/mol. The van der Waals surface area contributed by atoms with Gasteiger partial charge < -0.3 is 15.0 Å². The highest BCUT2D eigenvalue weighted by Crippen LogP contribution is 2.24. The van der Waals surface area contributed by atoms with E-state index in [0.717, 1.165) is 36.4 Å². The molecule has 0 radical (unpaired) electrons. The average Bonchev–Trinajstić information content (AvgIpc) is 2.55. The zero-order valence-corrected chi connectivity index (χ0v) is 17.4. The third kappa shape index (κ3) is 9.06. The van der Waals surface area contributed by atoms with Gasteiger partial charge in [0.1, 0.15) is 18.2 Å². The van der Waals surface area contributed by atoms with Gasteiger partial charge in [0.15, 0.2) is 0 Å². The van der Waals surface area contributed by atoms with E-state index in [4.69, 9.17) is 16.3 Å². The Morgan fingerprint density at radius 1 is 1.08 bits per heavy atom. The number of ether oxygens (including phenoxy) is 1. The van der Waals surface area contributed by atoms with Gasteiger partial charge in [0, 0.05) is 17.1 Å². The summed E-state index contributed by atoms with van der Waals surface area (Å²) in [5, 5.41) is 4.10. The lowest BCUT2D eigenvalue weighted by atomic mass is 10.2. The third-order valence-corrected chi connectivity index (χ3v) is 3.84. The largest absolute Gasteiger partial charge is 0.489 e. The van der Waals surface area contributed by atoms with E-state index in [1.54, 1.807) is 12.1 Å². The summed E-state index contributed by atoms with van der Waals surface area (Å²) in [4.78, 5) is 2.16. The van der Waals surface area contributed by atoms with E-state index in [1.807, 2.05) is 18.2 Å². The van der Waals surface area contributed by atoms with Crippen LogP contribution in [-0.2, 0) is 13.2 Å². The highest BCUT2D eigenvalue weighted by molar-refractivity contribution is 6.30. The molecule has 0 aliphatic carbocycles. The van der Waals surface area contributed by atoms with Crippen molar-refractivity contribution >= 4 is 36.4 Å². The van der Waals surface area contributed by atoms with E-state index < -0.39 is 0 Å². The zero-order chi connectivity index (χ0) is 17.4. The maximum absolute atomic E-state index is 12.9. The van der Waals surface area contributed by atoms with Crippen molar-refractivity contribution in [3.05, 3.63) is 64.4 Å². The van der Waals surface area contributed by atoms with Crippen molar-refractivity contribution in [2.45, 2.75) is 19.6 Å². The molecule has 0 aliphatic heterocycles. The number of benzene rings is 2. The minimum absolute atomic E-state index is 0. The molecule has 0 fully saturated rings. The van der Waals surface area contributed by atoms with Gasteiger partial charge in [0.25, 0.3) is 0 Å². The van der Waals surface area contributed by atoms with Gasteiger partial charge in [-0.25, -0.2) is 4.39 Å². The van der Waals surface area contributed by atoms with E-state index in [0.29, 0.717) is 18.2 Å². The second kappa shape index (κ2) is 13.2. The fourth-order valence-electron chi connectivity index (χ4n) is 2.31. The predicted molar refractivity (Wildman–Crippen MR) is 112 cm³/mol. The van der Waals surface area contributed by atoms with Gasteiger partial charge in [-0.3, -0.25) is 0 Å². The van der Waals surface area contributed by atoms with Gasteiger partial charge in [-0.2, -0.15) is 0 Å². The Hall–Kier alpha value is -1.04. The molecule has 26 heavy (non-hydrogen) atoms. The van der Waals surface area contributed by atoms with Crippen molar-refractivity contribution in [2.24, 2.45) is 0 Å². The van der Waals surface area contributed by atoms with E-state index >= 15 is 0 Å². The van der Waals surface area contributed by atoms with Crippen LogP contribution in [0.1, 0.15) is 17.5 Å². The van der Waals surface area contributed by atoms with Crippen LogP contribution in [0.2, 0.25) is 5.02 Å². The Bertz CT molecular complexity index is 639. The molecule has 2 rings (SSSR count). The lowest BCUT2D eigenvalue weighted by Crippen LogP contribution is -2.21. The number of halogens is 4. The maximum Gasteiger partial charge on any atom is 0.124 e. The molecular weight excluding hydrogens is 398 g/mol. The van der Waals surface area contributed by atoms with Gasteiger partial charge in [-0.1, -0.05) is 23.7 Å². The van der Waals surface area contributed by atoms with Crippen molar-refractivity contribution in [3.63, 3.8) is 0 Å². The molecular formula is C19H26Cl3FN2O. The first-order valence-corrected chi connectivity index (χ1v) is 8.43. The molecule has 0 saturated heterocycles. The van der Waals surface area contributed by atoms with Crippen molar-refractivity contribution in [1.29, 1.82) is 0 Å². The highest BCUT2D eigenvalue weighted by atomic mass is 35.5. The Balaban J connectivity index is 0.00000312. The molecule has 2 aromatic rings. The smallest absolute Gasteiger partial charge is 0.124 e. The second-order valence-corrected chi connectivity index (χ2v) is 6.44. The second-order valence-electron chi connectivity index (χ2n) is 6.00. The standard InChI is InChI=1S/C19H24ClFN2O.2ClH/c1-23(2)11-3-10-22-13-16-12-17(20)6-9-19(16)24-14-15-4-7-18(21)8-5-15;;/h4-9,12,22H,3,10-11,13-14H2,1-2H3;2*1H. The number of rotatable bonds is 9. The molecule has 0 aromatic heterocycles. The molecule has 0 spiro atoms. The van der Waals surface area contributed by atoms with E-state index in [2.05, 4.69) is 24.3 Å². The summed E-state index contributed by atoms with van der Waals surface area (Å²) in [5.74, 6) is 0.552.